The highest BCUT2D eigenvalue weighted by Gasteiger charge is 2.21. The molecule has 0 radical (unpaired) electrons. The summed E-state index contributed by atoms with van der Waals surface area (Å²) in [6, 6.07) is 18.7. The van der Waals surface area contributed by atoms with Crippen LogP contribution in [0.5, 0.6) is 11.5 Å². The van der Waals surface area contributed by atoms with E-state index in [4.69, 9.17) is 14.2 Å². The summed E-state index contributed by atoms with van der Waals surface area (Å²) in [7, 11) is 0. The van der Waals surface area contributed by atoms with E-state index in [0.29, 0.717) is 35.8 Å². The molecular weight excluding hydrogens is 368 g/mol. The zero-order chi connectivity index (χ0) is 19.8. The molecule has 3 aromatic rings. The number of carbonyl (C=O) groups is 2. The van der Waals surface area contributed by atoms with Gasteiger partial charge in [0.25, 0.3) is 0 Å². The van der Waals surface area contributed by atoms with Crippen LogP contribution < -0.4 is 9.47 Å². The van der Waals surface area contributed by atoms with Crippen LogP contribution in [0.4, 0.5) is 0 Å². The number of rotatable bonds is 4. The summed E-state index contributed by atoms with van der Waals surface area (Å²) in [5.74, 6) is 0.307. The molecule has 0 saturated heterocycles. The zero-order valence-electron chi connectivity index (χ0n) is 15.6. The molecule has 0 atom stereocenters. The third-order valence-corrected chi connectivity index (χ3v) is 5.23. The van der Waals surface area contributed by atoms with Gasteiger partial charge in [0.2, 0.25) is 0 Å². The predicted octanol–water partition coefficient (Wildman–Crippen LogP) is 4.07. The van der Waals surface area contributed by atoms with Gasteiger partial charge in [0.05, 0.1) is 5.56 Å². The fourth-order valence-corrected chi connectivity index (χ4v) is 3.77. The van der Waals surface area contributed by atoms with Crippen molar-refractivity contribution in [1.29, 1.82) is 0 Å². The number of Topliss-reactive ketones (excluding diaryl/α,β-unsaturated/α-hetero) is 1. The minimum Gasteiger partial charge on any atom is -0.486 e. The first-order valence-electron chi connectivity index (χ1n) is 9.50. The van der Waals surface area contributed by atoms with E-state index in [-0.39, 0.29) is 12.4 Å². The Morgan fingerprint density at radius 2 is 1.55 bits per heavy atom. The normalized spacial score (nSPS) is 13.4. The Labute approximate surface area is 167 Å². The molecule has 0 saturated carbocycles. The van der Waals surface area contributed by atoms with Crippen LogP contribution in [0.3, 0.4) is 0 Å². The summed E-state index contributed by atoms with van der Waals surface area (Å²) in [6.07, 6.45) is 0.874. The van der Waals surface area contributed by atoms with Gasteiger partial charge in [0.15, 0.2) is 23.9 Å². The van der Waals surface area contributed by atoms with Crippen molar-refractivity contribution in [3.05, 3.63) is 82.9 Å². The highest BCUT2D eigenvalue weighted by atomic mass is 16.6. The van der Waals surface area contributed by atoms with E-state index in [9.17, 15) is 9.59 Å². The molecule has 0 N–H and O–H groups in total. The molecule has 0 aromatic heterocycles. The van der Waals surface area contributed by atoms with Crippen LogP contribution in [0.15, 0.2) is 60.7 Å². The van der Waals surface area contributed by atoms with Gasteiger partial charge in [0.1, 0.15) is 13.2 Å². The first-order valence-corrected chi connectivity index (χ1v) is 9.50. The quantitative estimate of drug-likeness (QED) is 0.391. The Kier molecular flexibility index (Phi) is 4.28. The van der Waals surface area contributed by atoms with Gasteiger partial charge in [-0.05, 0) is 52.9 Å². The molecule has 0 unspecified atom stereocenters. The molecule has 144 valence electrons. The Bertz CT molecular complexity index is 1130. The lowest BCUT2D eigenvalue weighted by Gasteiger charge is -2.18. The lowest BCUT2D eigenvalue weighted by molar-refractivity contribution is 0.0474. The second-order valence-corrected chi connectivity index (χ2v) is 7.06. The molecule has 0 bridgehead atoms. The molecule has 1 heterocycles. The van der Waals surface area contributed by atoms with Gasteiger partial charge < -0.3 is 14.2 Å². The highest BCUT2D eigenvalue weighted by molar-refractivity contribution is 6.00. The number of fused-ring (bicyclic) bond motifs is 4. The summed E-state index contributed by atoms with van der Waals surface area (Å²) < 4.78 is 16.2. The minimum atomic E-state index is -0.568. The summed E-state index contributed by atoms with van der Waals surface area (Å²) in [5, 5.41) is 0. The second-order valence-electron chi connectivity index (χ2n) is 7.06. The number of benzene rings is 3. The number of carbonyl (C=O) groups excluding carboxylic acids is 2. The van der Waals surface area contributed by atoms with E-state index >= 15 is 0 Å². The largest absolute Gasteiger partial charge is 0.486 e. The van der Waals surface area contributed by atoms with Crippen LogP contribution >= 0.6 is 0 Å². The minimum absolute atomic E-state index is 0.233. The molecule has 2 aliphatic rings. The van der Waals surface area contributed by atoms with Crippen molar-refractivity contribution in [3.8, 4) is 22.6 Å². The van der Waals surface area contributed by atoms with Crippen molar-refractivity contribution < 1.29 is 23.8 Å². The summed E-state index contributed by atoms with van der Waals surface area (Å²) >= 11 is 0. The van der Waals surface area contributed by atoms with E-state index in [1.54, 1.807) is 24.3 Å². The van der Waals surface area contributed by atoms with Crippen molar-refractivity contribution in [3.63, 3.8) is 0 Å². The van der Waals surface area contributed by atoms with Crippen molar-refractivity contribution in [2.24, 2.45) is 0 Å². The Hall–Kier alpha value is -3.60. The van der Waals surface area contributed by atoms with Gasteiger partial charge in [-0.25, -0.2) is 4.79 Å². The Balaban J connectivity index is 1.29. The SMILES string of the molecule is O=C(COC(=O)c1ccc2c(c1)OCCO2)c1ccc2c(c1)-c1ccccc1C2. The molecule has 5 heteroatoms. The van der Waals surface area contributed by atoms with Gasteiger partial charge in [-0.1, -0.05) is 36.4 Å². The summed E-state index contributed by atoms with van der Waals surface area (Å²) in [4.78, 5) is 24.9. The van der Waals surface area contributed by atoms with Crippen molar-refractivity contribution >= 4 is 11.8 Å². The number of ether oxygens (including phenoxy) is 3. The van der Waals surface area contributed by atoms with Crippen LogP contribution in [0, 0.1) is 0 Å². The van der Waals surface area contributed by atoms with Crippen LogP contribution in [0.1, 0.15) is 31.8 Å². The third-order valence-electron chi connectivity index (χ3n) is 5.23. The third kappa shape index (κ3) is 3.25. The lowest BCUT2D eigenvalue weighted by Crippen LogP contribution is -2.17. The molecule has 0 amide bonds. The number of esters is 1. The average molecular weight is 386 g/mol. The maximum atomic E-state index is 12.6. The second kappa shape index (κ2) is 7.09. The molecule has 0 spiro atoms. The van der Waals surface area contributed by atoms with Gasteiger partial charge >= 0.3 is 5.97 Å². The highest BCUT2D eigenvalue weighted by Crippen LogP contribution is 2.37. The van der Waals surface area contributed by atoms with Crippen LogP contribution in [-0.2, 0) is 11.2 Å². The zero-order valence-corrected chi connectivity index (χ0v) is 15.6. The van der Waals surface area contributed by atoms with E-state index < -0.39 is 5.97 Å². The standard InChI is InChI=1S/C24H18O5/c25-21(14-29-24(26)18-7-8-22-23(13-18)28-10-9-27-22)17-6-5-16-11-15-3-1-2-4-19(15)20(16)12-17/h1-8,12-13H,9-11,14H2. The van der Waals surface area contributed by atoms with E-state index in [1.165, 1.54) is 11.1 Å². The monoisotopic (exact) mass is 386 g/mol. The molecule has 29 heavy (non-hydrogen) atoms. The number of hydrogen-bond donors (Lipinski definition) is 0. The van der Waals surface area contributed by atoms with Gasteiger partial charge in [0, 0.05) is 5.56 Å². The maximum absolute atomic E-state index is 12.6. The molecular formula is C24H18O5. The Morgan fingerprint density at radius 3 is 2.45 bits per heavy atom. The van der Waals surface area contributed by atoms with E-state index in [0.717, 1.165) is 17.5 Å². The van der Waals surface area contributed by atoms with Crippen molar-refractivity contribution in [2.75, 3.05) is 19.8 Å². The molecule has 3 aromatic carbocycles. The van der Waals surface area contributed by atoms with Gasteiger partial charge in [-0.15, -0.1) is 0 Å². The number of ketones is 1. The molecule has 5 rings (SSSR count). The van der Waals surface area contributed by atoms with E-state index in [1.807, 2.05) is 24.3 Å². The lowest BCUT2D eigenvalue weighted by atomic mass is 10.0. The van der Waals surface area contributed by atoms with Crippen LogP contribution in [0.2, 0.25) is 0 Å². The van der Waals surface area contributed by atoms with Crippen LogP contribution in [-0.4, -0.2) is 31.6 Å². The Morgan fingerprint density at radius 1 is 0.793 bits per heavy atom. The maximum Gasteiger partial charge on any atom is 0.338 e. The number of hydrogen-bond acceptors (Lipinski definition) is 5. The smallest absolute Gasteiger partial charge is 0.338 e. The first kappa shape index (κ1) is 17.5. The summed E-state index contributed by atoms with van der Waals surface area (Å²) in [6.45, 7) is 0.607. The fraction of sp³-hybridized carbons (Fsp3) is 0.167. The summed E-state index contributed by atoms with van der Waals surface area (Å²) in [5.41, 5.74) is 5.56. The molecule has 1 aliphatic heterocycles. The topological polar surface area (TPSA) is 61.8 Å². The fourth-order valence-electron chi connectivity index (χ4n) is 3.77. The molecule has 0 fully saturated rings. The molecule has 5 nitrogen and oxygen atoms in total. The van der Waals surface area contributed by atoms with Gasteiger partial charge in [-0.3, -0.25) is 4.79 Å². The predicted molar refractivity (Wildman–Crippen MR) is 107 cm³/mol. The van der Waals surface area contributed by atoms with Crippen molar-refractivity contribution in [1.82, 2.24) is 0 Å². The average Bonchev–Trinajstić information content (AvgIpc) is 3.14. The van der Waals surface area contributed by atoms with Gasteiger partial charge in [-0.2, -0.15) is 0 Å². The van der Waals surface area contributed by atoms with E-state index in [2.05, 4.69) is 12.1 Å². The van der Waals surface area contributed by atoms with Crippen LogP contribution in [0.25, 0.3) is 11.1 Å². The molecule has 1 aliphatic carbocycles. The first-order chi connectivity index (χ1) is 14.2. The van der Waals surface area contributed by atoms with Crippen molar-refractivity contribution in [2.45, 2.75) is 6.42 Å².